The molecule has 406 valence electrons. The average molecular weight is 1050 g/mol. The molecule has 5 saturated heterocycles. The molecule has 6 rings (SSSR count). The summed E-state index contributed by atoms with van der Waals surface area (Å²) < 4.78 is 39.7. The van der Waals surface area contributed by atoms with Crippen LogP contribution in [0.1, 0.15) is 49.4 Å². The maximum atomic E-state index is 12.8. The first kappa shape index (κ1) is 57.2. The highest BCUT2D eigenvalue weighted by atomic mass is 32.2. The monoisotopic (exact) mass is 1050 g/mol. The second kappa shape index (κ2) is 27.5. The fourth-order valence-electron chi connectivity index (χ4n) is 8.85. The predicted octanol–water partition coefficient (Wildman–Crippen LogP) is -6.25. The first-order valence-corrected chi connectivity index (χ1v) is 24.9. The number of amides is 6. The van der Waals surface area contributed by atoms with Crippen molar-refractivity contribution in [2.45, 2.75) is 148 Å². The highest BCUT2D eigenvalue weighted by Crippen LogP contribution is 2.35. The van der Waals surface area contributed by atoms with Gasteiger partial charge >= 0.3 is 6.03 Å². The molecule has 0 aromatic heterocycles. The number of urea groups is 1. The molecule has 18 atom stereocenters. The topological polar surface area (TPSA) is 404 Å². The number of ether oxygens (including phenoxy) is 7. The van der Waals surface area contributed by atoms with E-state index in [1.165, 1.54) is 6.07 Å². The SMILES string of the molecule is CC(=O)NC1C(OCCCNC(=O)COc2cccc(C(=O)NCCNC(=O)CCCC[C@@H]3SC[C@@H]4NC(=O)N[C@@H]43)c2)OC(CO)C(OC2OC(CO)C(O)C(OC3OC(CO)C(O)C(O)C3O)C2O)C1O. The number of carbonyl (C=O) groups excluding carboxylic acids is 5. The maximum Gasteiger partial charge on any atom is 0.315 e. The number of hydrogen-bond acceptors (Lipinski definition) is 22. The van der Waals surface area contributed by atoms with E-state index in [4.69, 9.17) is 33.2 Å². The standard InChI is InChI=1S/C44H68N6O21S/c1-20(54)48-31-34(59)38(70-43-37(62)39(33(58)25(16-52)68-43)71-42-36(61)35(60)32(57)24(15-51)67-42)26(17-53)69-41(31)65-13-5-10-45-29(56)18-66-22-7-4-6-21(14-22)40(63)47-12-11-46-28(55)9-3-2-8-27-30-23(19-72-27)49-44(64)50-30/h4,6-7,14,23-27,30-39,41-43,51-53,57-62H,2-3,5,8-13,15-19H2,1H3,(H,45,56)(H,46,55)(H,47,63)(H,48,54)(H2,49,50,64)/t23-,24?,25?,26?,27-,30-,31?,32?,33?,34?,35?,36?,37?,38?,39?,41?,42?,43?/m0/s1. The van der Waals surface area contributed by atoms with Crippen molar-refractivity contribution in [2.75, 3.05) is 58.4 Å². The third-order valence-corrected chi connectivity index (χ3v) is 14.2. The lowest BCUT2D eigenvalue weighted by molar-refractivity contribution is -0.376. The maximum absolute atomic E-state index is 12.8. The van der Waals surface area contributed by atoms with Gasteiger partial charge in [-0.2, -0.15) is 11.8 Å². The molecular formula is C44H68N6O21S. The van der Waals surface area contributed by atoms with E-state index in [0.717, 1.165) is 25.5 Å². The molecule has 5 fully saturated rings. The van der Waals surface area contributed by atoms with Crippen molar-refractivity contribution < 1.29 is 103 Å². The number of hydrogen-bond donors (Lipinski definition) is 15. The number of aliphatic hydroxyl groups excluding tert-OH is 9. The molecule has 15 N–H and O–H groups in total. The normalized spacial score (nSPS) is 35.3. The van der Waals surface area contributed by atoms with Crippen molar-refractivity contribution in [2.24, 2.45) is 0 Å². The lowest BCUT2D eigenvalue weighted by atomic mass is 9.95. The highest BCUT2D eigenvalue weighted by molar-refractivity contribution is 8.00. The molecule has 0 spiro atoms. The van der Waals surface area contributed by atoms with Gasteiger partial charge in [-0.25, -0.2) is 4.79 Å². The Morgan fingerprint density at radius 2 is 1.39 bits per heavy atom. The van der Waals surface area contributed by atoms with Gasteiger partial charge in [0.1, 0.15) is 78.9 Å². The van der Waals surface area contributed by atoms with E-state index >= 15 is 0 Å². The van der Waals surface area contributed by atoms with E-state index < -0.39 is 136 Å². The summed E-state index contributed by atoms with van der Waals surface area (Å²) in [4.78, 5) is 61.6. The van der Waals surface area contributed by atoms with Crippen LogP contribution >= 0.6 is 11.8 Å². The molecule has 15 unspecified atom stereocenters. The van der Waals surface area contributed by atoms with Gasteiger partial charge in [0.15, 0.2) is 25.5 Å². The molecule has 1 aromatic rings. The van der Waals surface area contributed by atoms with Crippen LogP contribution < -0.4 is 36.6 Å². The van der Waals surface area contributed by atoms with E-state index in [-0.39, 0.29) is 68.0 Å². The van der Waals surface area contributed by atoms with Crippen molar-refractivity contribution in [3.05, 3.63) is 29.8 Å². The molecule has 5 aliphatic rings. The number of carbonyl (C=O) groups is 5. The molecule has 5 aliphatic heterocycles. The number of fused-ring (bicyclic) bond motifs is 1. The van der Waals surface area contributed by atoms with Gasteiger partial charge in [0, 0.05) is 49.5 Å². The Bertz CT molecular complexity index is 1950. The van der Waals surface area contributed by atoms with Crippen LogP contribution in [0.4, 0.5) is 4.79 Å². The van der Waals surface area contributed by atoms with E-state index in [9.17, 15) is 69.9 Å². The third-order valence-electron chi connectivity index (χ3n) is 12.7. The lowest BCUT2D eigenvalue weighted by Crippen LogP contribution is -2.68. The van der Waals surface area contributed by atoms with Gasteiger partial charge in [0.25, 0.3) is 11.8 Å². The van der Waals surface area contributed by atoms with Crippen LogP contribution in [0.25, 0.3) is 0 Å². The molecule has 0 aliphatic carbocycles. The Morgan fingerprint density at radius 3 is 2.11 bits per heavy atom. The summed E-state index contributed by atoms with van der Waals surface area (Å²) in [6.07, 6.45) is -20.8. The summed E-state index contributed by atoms with van der Waals surface area (Å²) >= 11 is 1.83. The minimum atomic E-state index is -1.98. The largest absolute Gasteiger partial charge is 0.484 e. The Kier molecular flexibility index (Phi) is 21.8. The van der Waals surface area contributed by atoms with E-state index in [2.05, 4.69) is 31.9 Å². The molecule has 1 aromatic carbocycles. The van der Waals surface area contributed by atoms with Gasteiger partial charge in [-0.15, -0.1) is 0 Å². The van der Waals surface area contributed by atoms with Crippen LogP contribution in [0.2, 0.25) is 0 Å². The smallest absolute Gasteiger partial charge is 0.315 e. The predicted molar refractivity (Wildman–Crippen MR) is 245 cm³/mol. The first-order valence-electron chi connectivity index (χ1n) is 23.8. The van der Waals surface area contributed by atoms with Crippen molar-refractivity contribution >= 4 is 41.4 Å². The summed E-state index contributed by atoms with van der Waals surface area (Å²) in [5, 5.41) is 111. The van der Waals surface area contributed by atoms with Crippen LogP contribution in [-0.4, -0.2) is 243 Å². The van der Waals surface area contributed by atoms with Crippen molar-refractivity contribution in [1.82, 2.24) is 31.9 Å². The summed E-state index contributed by atoms with van der Waals surface area (Å²) in [6.45, 7) is -1.31. The Hall–Kier alpha value is -4.08. The molecule has 0 radical (unpaired) electrons. The van der Waals surface area contributed by atoms with Gasteiger partial charge < -0.3 is 111 Å². The van der Waals surface area contributed by atoms with Gasteiger partial charge in [-0.3, -0.25) is 19.2 Å². The van der Waals surface area contributed by atoms with Crippen LogP contribution in [-0.2, 0) is 42.8 Å². The molecule has 0 bridgehead atoms. The van der Waals surface area contributed by atoms with Gasteiger partial charge in [0.05, 0.1) is 38.5 Å². The molecule has 5 heterocycles. The summed E-state index contributed by atoms with van der Waals surface area (Å²) in [5.41, 5.74) is 0.273. The zero-order chi connectivity index (χ0) is 52.1. The van der Waals surface area contributed by atoms with E-state index in [1.807, 2.05) is 11.8 Å². The number of nitrogens with one attached hydrogen (secondary N) is 6. The van der Waals surface area contributed by atoms with Crippen LogP contribution in [0.15, 0.2) is 24.3 Å². The number of thioether (sulfide) groups is 1. The average Bonchev–Trinajstić information content (AvgIpc) is 3.93. The molecule has 27 nitrogen and oxygen atoms in total. The fraction of sp³-hybridized carbons (Fsp3) is 0.750. The number of rotatable bonds is 25. The summed E-state index contributed by atoms with van der Waals surface area (Å²) in [6, 6.07) is 5.01. The molecule has 0 saturated carbocycles. The number of benzene rings is 1. The molecule has 28 heteroatoms. The molecular weight excluding hydrogens is 981 g/mol. The van der Waals surface area contributed by atoms with Gasteiger partial charge in [0.2, 0.25) is 11.8 Å². The van der Waals surface area contributed by atoms with Crippen molar-refractivity contribution in [1.29, 1.82) is 0 Å². The Morgan fingerprint density at radius 1 is 0.722 bits per heavy atom. The Balaban J connectivity index is 0.892. The number of unbranched alkanes of at least 4 members (excludes halogenated alkanes) is 1. The fourth-order valence-corrected chi connectivity index (χ4v) is 10.4. The zero-order valence-corrected chi connectivity index (χ0v) is 40.2. The van der Waals surface area contributed by atoms with E-state index in [1.54, 1.807) is 18.2 Å². The van der Waals surface area contributed by atoms with Crippen molar-refractivity contribution in [3.8, 4) is 5.75 Å². The molecule has 72 heavy (non-hydrogen) atoms. The minimum Gasteiger partial charge on any atom is -0.484 e. The lowest BCUT2D eigenvalue weighted by Gasteiger charge is -2.48. The third kappa shape index (κ3) is 15.0. The number of aliphatic hydroxyl groups is 9. The zero-order valence-electron chi connectivity index (χ0n) is 39.4. The van der Waals surface area contributed by atoms with Crippen LogP contribution in [0.5, 0.6) is 5.75 Å². The quantitative estimate of drug-likeness (QED) is 0.0320. The highest BCUT2D eigenvalue weighted by Gasteiger charge is 2.54. The minimum absolute atomic E-state index is 0.0802. The summed E-state index contributed by atoms with van der Waals surface area (Å²) in [5.74, 6) is -0.525. The van der Waals surface area contributed by atoms with Gasteiger partial charge in [-0.05, 0) is 37.5 Å². The first-order chi connectivity index (χ1) is 34.5. The van der Waals surface area contributed by atoms with E-state index in [0.29, 0.717) is 18.1 Å². The van der Waals surface area contributed by atoms with Crippen LogP contribution in [0, 0.1) is 0 Å². The molecule has 6 amide bonds. The Labute approximate surface area is 417 Å². The second-order valence-corrected chi connectivity index (χ2v) is 19.2. The van der Waals surface area contributed by atoms with Crippen molar-refractivity contribution in [3.63, 3.8) is 0 Å². The second-order valence-electron chi connectivity index (χ2n) is 17.9. The summed E-state index contributed by atoms with van der Waals surface area (Å²) in [7, 11) is 0. The van der Waals surface area contributed by atoms with Gasteiger partial charge in [-0.1, -0.05) is 12.5 Å². The van der Waals surface area contributed by atoms with Crippen LogP contribution in [0.3, 0.4) is 0 Å².